The number of alkyl halides is 1. The fourth-order valence-electron chi connectivity index (χ4n) is 2.13. The summed E-state index contributed by atoms with van der Waals surface area (Å²) in [6, 6.07) is 17.7. The summed E-state index contributed by atoms with van der Waals surface area (Å²) in [5, 5.41) is 0. The number of hydrogen-bond donors (Lipinski definition) is 2. The molecule has 0 aliphatic carbocycles. The van der Waals surface area contributed by atoms with Crippen molar-refractivity contribution in [3.63, 3.8) is 0 Å². The molecule has 0 fully saturated rings. The van der Waals surface area contributed by atoms with Crippen LogP contribution >= 0.6 is 11.6 Å². The summed E-state index contributed by atoms with van der Waals surface area (Å²) in [6.07, 6.45) is 0. The van der Waals surface area contributed by atoms with E-state index in [4.69, 9.17) is 17.4 Å². The van der Waals surface area contributed by atoms with Gasteiger partial charge in [0.15, 0.2) is 11.3 Å². The number of para-hydroxylation sites is 1. The normalized spacial score (nSPS) is 17.6. The lowest BCUT2D eigenvalue weighted by Crippen LogP contribution is -2.35. The van der Waals surface area contributed by atoms with Crippen LogP contribution in [0.2, 0.25) is 0 Å². The first-order valence-electron chi connectivity index (χ1n) is 6.21. The molecule has 0 amide bonds. The van der Waals surface area contributed by atoms with Crippen molar-refractivity contribution in [3.05, 3.63) is 65.7 Å². The van der Waals surface area contributed by atoms with Crippen LogP contribution in [0.1, 0.15) is 11.1 Å². The summed E-state index contributed by atoms with van der Waals surface area (Å²) in [6.45, 7) is 0. The summed E-state index contributed by atoms with van der Waals surface area (Å²) in [5.41, 5.74) is 5.43. The van der Waals surface area contributed by atoms with E-state index in [9.17, 15) is 0 Å². The summed E-state index contributed by atoms with van der Waals surface area (Å²) >= 11 is 6.26. The third-order valence-corrected chi connectivity index (χ3v) is 3.37. The fraction of sp³-hybridized carbons (Fsp3) is 0.0667. The van der Waals surface area contributed by atoms with E-state index in [1.54, 1.807) is 0 Å². The highest BCUT2D eigenvalue weighted by Gasteiger charge is 2.20. The number of nitrogens with one attached hydrogen (secondary N) is 1. The Balaban J connectivity index is 2.21. The van der Waals surface area contributed by atoms with Crippen molar-refractivity contribution in [2.75, 3.05) is 0 Å². The first-order valence-corrected chi connectivity index (χ1v) is 6.65. The van der Waals surface area contributed by atoms with Gasteiger partial charge in [-0.2, -0.15) is 0 Å². The van der Waals surface area contributed by atoms with E-state index in [1.165, 1.54) is 0 Å². The Morgan fingerprint density at radius 1 is 1.00 bits per heavy atom. The number of amidine groups is 1. The van der Waals surface area contributed by atoms with Crippen LogP contribution in [0.4, 0.5) is 5.69 Å². The highest BCUT2D eigenvalue weighted by atomic mass is 35.5. The second-order valence-corrected chi connectivity index (χ2v) is 4.75. The minimum atomic E-state index is -0.636. The number of hydrogen-bond acceptors (Lipinski definition) is 4. The zero-order valence-corrected chi connectivity index (χ0v) is 11.4. The Morgan fingerprint density at radius 3 is 2.45 bits per heavy atom. The summed E-state index contributed by atoms with van der Waals surface area (Å²) in [5.74, 6) is 5.91. The van der Waals surface area contributed by atoms with Crippen LogP contribution in [-0.2, 0) is 0 Å². The van der Waals surface area contributed by atoms with E-state index in [0.29, 0.717) is 5.84 Å². The molecule has 0 spiro atoms. The minimum absolute atomic E-state index is 0.435. The first-order chi connectivity index (χ1) is 9.79. The SMILES string of the molecule is NNC1=Nc2ccccc2C(c2ccccc2)=NC1Cl. The average Bonchev–Trinajstić information content (AvgIpc) is 2.65. The van der Waals surface area contributed by atoms with Gasteiger partial charge in [-0.3, -0.25) is 4.99 Å². The van der Waals surface area contributed by atoms with Crippen LogP contribution in [0.5, 0.6) is 0 Å². The quantitative estimate of drug-likeness (QED) is 0.366. The molecule has 1 aliphatic heterocycles. The van der Waals surface area contributed by atoms with Crippen molar-refractivity contribution < 1.29 is 0 Å². The molecular weight excluding hydrogens is 272 g/mol. The number of hydrazine groups is 1. The minimum Gasteiger partial charge on any atom is -0.309 e. The Labute approximate surface area is 122 Å². The maximum absolute atomic E-state index is 6.26. The van der Waals surface area contributed by atoms with Gasteiger partial charge in [-0.05, 0) is 6.07 Å². The van der Waals surface area contributed by atoms with Gasteiger partial charge < -0.3 is 5.43 Å². The first kappa shape index (κ1) is 12.8. The number of nitrogens with two attached hydrogens (primary N) is 1. The number of fused-ring (bicyclic) bond motifs is 1. The van der Waals surface area contributed by atoms with Crippen molar-refractivity contribution in [2.45, 2.75) is 5.50 Å². The highest BCUT2D eigenvalue weighted by molar-refractivity contribution is 6.34. The van der Waals surface area contributed by atoms with Crippen LogP contribution in [0, 0.1) is 0 Å². The molecule has 0 saturated heterocycles. The molecule has 1 heterocycles. The molecule has 100 valence electrons. The highest BCUT2D eigenvalue weighted by Crippen LogP contribution is 2.27. The van der Waals surface area contributed by atoms with Crippen molar-refractivity contribution in [1.29, 1.82) is 0 Å². The predicted molar refractivity (Wildman–Crippen MR) is 82.6 cm³/mol. The standard InChI is InChI=1S/C15H13ClN4/c16-14-15(20-17)18-12-9-5-4-8-11(12)13(19-14)10-6-2-1-3-7-10/h1-9,14H,17H2,(H,18,20). The molecule has 0 aromatic heterocycles. The van der Waals surface area contributed by atoms with Gasteiger partial charge in [0, 0.05) is 11.1 Å². The van der Waals surface area contributed by atoms with E-state index >= 15 is 0 Å². The molecule has 2 aromatic carbocycles. The molecule has 3 N–H and O–H groups in total. The van der Waals surface area contributed by atoms with E-state index in [1.807, 2.05) is 54.6 Å². The topological polar surface area (TPSA) is 62.8 Å². The summed E-state index contributed by atoms with van der Waals surface area (Å²) in [4.78, 5) is 9.00. The molecule has 5 heteroatoms. The summed E-state index contributed by atoms with van der Waals surface area (Å²) < 4.78 is 0. The van der Waals surface area contributed by atoms with Crippen molar-refractivity contribution in [2.24, 2.45) is 15.8 Å². The third kappa shape index (κ3) is 2.31. The zero-order valence-electron chi connectivity index (χ0n) is 10.6. The second kappa shape index (κ2) is 5.45. The molecule has 0 radical (unpaired) electrons. The predicted octanol–water partition coefficient (Wildman–Crippen LogP) is 2.60. The number of aliphatic imine (C=N–C) groups is 2. The van der Waals surface area contributed by atoms with E-state index in [2.05, 4.69) is 15.4 Å². The number of halogens is 1. The van der Waals surface area contributed by atoms with Gasteiger partial charge in [-0.15, -0.1) is 0 Å². The van der Waals surface area contributed by atoms with Crippen molar-refractivity contribution in [3.8, 4) is 0 Å². The number of nitrogens with zero attached hydrogens (tertiary/aromatic N) is 2. The van der Waals surface area contributed by atoms with Crippen molar-refractivity contribution >= 4 is 28.8 Å². The van der Waals surface area contributed by atoms with Crippen LogP contribution in [0.25, 0.3) is 0 Å². The Morgan fingerprint density at radius 2 is 1.70 bits per heavy atom. The lowest BCUT2D eigenvalue weighted by Gasteiger charge is -2.08. The maximum atomic E-state index is 6.26. The molecule has 0 bridgehead atoms. The summed E-state index contributed by atoms with van der Waals surface area (Å²) in [7, 11) is 0. The van der Waals surface area contributed by atoms with Crippen LogP contribution in [0.15, 0.2) is 64.6 Å². The Bertz CT molecular complexity index is 679. The lowest BCUT2D eigenvalue weighted by molar-refractivity contribution is 0.970. The molecule has 0 saturated carbocycles. The van der Waals surface area contributed by atoms with Gasteiger partial charge >= 0.3 is 0 Å². The molecular formula is C15H13ClN4. The second-order valence-electron chi connectivity index (χ2n) is 4.34. The van der Waals surface area contributed by atoms with E-state index in [-0.39, 0.29) is 0 Å². The van der Waals surface area contributed by atoms with E-state index in [0.717, 1.165) is 22.5 Å². The largest absolute Gasteiger partial charge is 0.309 e. The molecule has 3 rings (SSSR count). The van der Waals surface area contributed by atoms with Gasteiger partial charge in [-0.25, -0.2) is 10.8 Å². The van der Waals surface area contributed by atoms with Gasteiger partial charge in [0.1, 0.15) is 0 Å². The van der Waals surface area contributed by atoms with Crippen LogP contribution in [0.3, 0.4) is 0 Å². The molecule has 1 unspecified atom stereocenters. The molecule has 2 aromatic rings. The lowest BCUT2D eigenvalue weighted by atomic mass is 10.0. The Kier molecular flexibility index (Phi) is 3.50. The van der Waals surface area contributed by atoms with Crippen LogP contribution in [-0.4, -0.2) is 17.0 Å². The molecule has 1 aliphatic rings. The monoisotopic (exact) mass is 284 g/mol. The van der Waals surface area contributed by atoms with Gasteiger partial charge in [0.2, 0.25) is 0 Å². The van der Waals surface area contributed by atoms with E-state index < -0.39 is 5.50 Å². The number of rotatable bonds is 1. The van der Waals surface area contributed by atoms with Gasteiger partial charge in [0.25, 0.3) is 0 Å². The third-order valence-electron chi connectivity index (χ3n) is 3.06. The smallest absolute Gasteiger partial charge is 0.182 e. The average molecular weight is 285 g/mol. The molecule has 20 heavy (non-hydrogen) atoms. The Hall–Kier alpha value is -2.17. The molecule has 4 nitrogen and oxygen atoms in total. The van der Waals surface area contributed by atoms with Gasteiger partial charge in [-0.1, -0.05) is 60.1 Å². The van der Waals surface area contributed by atoms with Crippen LogP contribution < -0.4 is 11.3 Å². The van der Waals surface area contributed by atoms with Gasteiger partial charge in [0.05, 0.1) is 11.4 Å². The number of benzene rings is 2. The molecule has 1 atom stereocenters. The maximum Gasteiger partial charge on any atom is 0.182 e. The zero-order chi connectivity index (χ0) is 13.9. The fourth-order valence-corrected chi connectivity index (χ4v) is 2.33. The van der Waals surface area contributed by atoms with Crippen molar-refractivity contribution in [1.82, 2.24) is 5.43 Å².